The maximum atomic E-state index is 11.7. The zero-order valence-corrected chi connectivity index (χ0v) is 14.2. The van der Waals surface area contributed by atoms with E-state index in [2.05, 4.69) is 0 Å². The predicted molar refractivity (Wildman–Crippen MR) is 88.3 cm³/mol. The fourth-order valence-corrected chi connectivity index (χ4v) is 3.39. The van der Waals surface area contributed by atoms with Crippen molar-refractivity contribution in [3.8, 4) is 11.5 Å². The number of fused-ring (bicyclic) bond motifs is 1. The Labute approximate surface area is 140 Å². The summed E-state index contributed by atoms with van der Waals surface area (Å²) < 4.78 is 36.1. The van der Waals surface area contributed by atoms with Crippen LogP contribution in [0.15, 0.2) is 18.2 Å². The zero-order chi connectivity index (χ0) is 16.9. The molecule has 2 rings (SSSR count). The third-order valence-corrected chi connectivity index (χ3v) is 4.69. The molecule has 0 fully saturated rings. The quantitative estimate of drug-likeness (QED) is 0.788. The van der Waals surface area contributed by atoms with E-state index in [1.54, 1.807) is 12.1 Å². The maximum Gasteiger partial charge on any atom is 0.257 e. The third-order valence-electron chi connectivity index (χ3n) is 3.07. The smallest absolute Gasteiger partial charge is 0.257 e. The zero-order valence-electron chi connectivity index (χ0n) is 12.7. The van der Waals surface area contributed by atoms with E-state index < -0.39 is 15.9 Å². The van der Waals surface area contributed by atoms with E-state index in [1.165, 1.54) is 6.08 Å². The van der Waals surface area contributed by atoms with Crippen LogP contribution in [0.4, 0.5) is 0 Å². The Morgan fingerprint density at radius 1 is 1.35 bits per heavy atom. The van der Waals surface area contributed by atoms with Gasteiger partial charge in [0.25, 0.3) is 5.91 Å². The van der Waals surface area contributed by atoms with Crippen molar-refractivity contribution < 1.29 is 22.7 Å². The molecule has 0 atom stereocenters. The summed E-state index contributed by atoms with van der Waals surface area (Å²) >= 11 is 6.09. The molecule has 0 saturated heterocycles. The Bertz CT molecular complexity index is 715. The van der Waals surface area contributed by atoms with Gasteiger partial charge in [-0.3, -0.25) is 4.79 Å². The summed E-state index contributed by atoms with van der Waals surface area (Å²) in [7, 11) is -3.59. The predicted octanol–water partition coefficient (Wildman–Crippen LogP) is 2.37. The van der Waals surface area contributed by atoms with Crippen LogP contribution in [0.5, 0.6) is 11.5 Å². The normalized spacial score (nSPS) is 14.0. The van der Waals surface area contributed by atoms with Crippen molar-refractivity contribution >= 4 is 33.6 Å². The van der Waals surface area contributed by atoms with E-state index >= 15 is 0 Å². The van der Waals surface area contributed by atoms with Crippen molar-refractivity contribution in [3.05, 3.63) is 28.8 Å². The fraction of sp³-hybridized carbons (Fsp3) is 0.400. The topological polar surface area (TPSA) is 81.7 Å². The number of ether oxygens (including phenoxy) is 2. The Kier molecular flexibility index (Phi) is 5.90. The molecule has 1 aromatic carbocycles. The lowest BCUT2D eigenvalue weighted by Gasteiger charge is -2.19. The van der Waals surface area contributed by atoms with Gasteiger partial charge in [-0.25, -0.2) is 13.1 Å². The van der Waals surface area contributed by atoms with Crippen molar-refractivity contribution in [3.63, 3.8) is 0 Å². The van der Waals surface area contributed by atoms with Gasteiger partial charge in [-0.1, -0.05) is 24.9 Å². The number of halogens is 1. The fourth-order valence-electron chi connectivity index (χ4n) is 1.97. The van der Waals surface area contributed by atoms with Gasteiger partial charge in [0.1, 0.15) is 13.2 Å². The highest BCUT2D eigenvalue weighted by atomic mass is 35.5. The average Bonchev–Trinajstić information content (AvgIpc) is 2.51. The number of carbonyl (C=O) groups excluding carboxylic acids is 1. The van der Waals surface area contributed by atoms with Crippen LogP contribution in [-0.2, 0) is 14.8 Å². The van der Waals surface area contributed by atoms with Crippen LogP contribution in [0.1, 0.15) is 25.3 Å². The molecule has 0 aliphatic carbocycles. The minimum Gasteiger partial charge on any atom is -0.486 e. The first-order valence-electron chi connectivity index (χ1n) is 7.23. The van der Waals surface area contributed by atoms with Crippen LogP contribution in [0.3, 0.4) is 0 Å². The molecule has 0 saturated carbocycles. The van der Waals surface area contributed by atoms with Gasteiger partial charge < -0.3 is 9.47 Å². The SMILES string of the molecule is CCCCS(=O)(=O)NC(=O)C=Cc1cc(Cl)c2c(c1)OCCO2. The minimum atomic E-state index is -3.59. The van der Waals surface area contributed by atoms with Crippen molar-refractivity contribution in [1.82, 2.24) is 4.72 Å². The number of hydrogen-bond donors (Lipinski definition) is 1. The Balaban J connectivity index is 2.05. The highest BCUT2D eigenvalue weighted by molar-refractivity contribution is 7.90. The molecule has 0 bridgehead atoms. The molecule has 0 spiro atoms. The van der Waals surface area contributed by atoms with E-state index in [0.717, 1.165) is 12.5 Å². The molecule has 1 aliphatic rings. The van der Waals surface area contributed by atoms with Crippen LogP contribution in [0, 0.1) is 0 Å². The summed E-state index contributed by atoms with van der Waals surface area (Å²) in [6, 6.07) is 3.29. The van der Waals surface area contributed by atoms with Gasteiger partial charge in [0, 0.05) is 6.08 Å². The monoisotopic (exact) mass is 359 g/mol. The first-order chi connectivity index (χ1) is 10.9. The molecule has 8 heteroatoms. The summed E-state index contributed by atoms with van der Waals surface area (Å²) in [5, 5.41) is 0.373. The summed E-state index contributed by atoms with van der Waals surface area (Å²) in [6.07, 6.45) is 3.85. The molecule has 1 aromatic rings. The molecule has 1 heterocycles. The summed E-state index contributed by atoms with van der Waals surface area (Å²) in [5.74, 6) is 0.201. The highest BCUT2D eigenvalue weighted by Gasteiger charge is 2.16. The van der Waals surface area contributed by atoms with Gasteiger partial charge in [-0.15, -0.1) is 0 Å². The van der Waals surface area contributed by atoms with Gasteiger partial charge in [0.05, 0.1) is 10.8 Å². The Morgan fingerprint density at radius 2 is 2.09 bits per heavy atom. The minimum absolute atomic E-state index is 0.0705. The van der Waals surface area contributed by atoms with Crippen LogP contribution in [0.25, 0.3) is 6.08 Å². The summed E-state index contributed by atoms with van der Waals surface area (Å²) in [6.45, 7) is 2.73. The molecule has 0 radical (unpaired) electrons. The van der Waals surface area contributed by atoms with Crippen LogP contribution in [-0.4, -0.2) is 33.3 Å². The van der Waals surface area contributed by atoms with Crippen molar-refractivity contribution in [2.45, 2.75) is 19.8 Å². The van der Waals surface area contributed by atoms with E-state index in [-0.39, 0.29) is 5.75 Å². The van der Waals surface area contributed by atoms with Gasteiger partial charge in [-0.2, -0.15) is 0 Å². The van der Waals surface area contributed by atoms with Crippen LogP contribution < -0.4 is 14.2 Å². The van der Waals surface area contributed by atoms with Crippen LogP contribution in [0.2, 0.25) is 5.02 Å². The number of rotatable bonds is 6. The number of unbranched alkanes of at least 4 members (excludes halogenated alkanes) is 1. The molecule has 6 nitrogen and oxygen atoms in total. The molecule has 0 unspecified atom stereocenters. The number of hydrogen-bond acceptors (Lipinski definition) is 5. The molecular weight excluding hydrogens is 342 g/mol. The van der Waals surface area contributed by atoms with E-state index in [4.69, 9.17) is 21.1 Å². The molecular formula is C15H18ClNO5S. The maximum absolute atomic E-state index is 11.7. The molecule has 1 aliphatic heterocycles. The first-order valence-corrected chi connectivity index (χ1v) is 9.26. The molecule has 0 aromatic heterocycles. The largest absolute Gasteiger partial charge is 0.486 e. The van der Waals surface area contributed by atoms with Crippen molar-refractivity contribution in [1.29, 1.82) is 0 Å². The Morgan fingerprint density at radius 3 is 2.83 bits per heavy atom. The Hall–Kier alpha value is -1.73. The van der Waals surface area contributed by atoms with E-state index in [0.29, 0.717) is 41.7 Å². The van der Waals surface area contributed by atoms with Crippen molar-refractivity contribution in [2.24, 2.45) is 0 Å². The summed E-state index contributed by atoms with van der Waals surface area (Å²) in [5.41, 5.74) is 0.611. The highest BCUT2D eigenvalue weighted by Crippen LogP contribution is 2.38. The second-order valence-corrected chi connectivity index (χ2v) is 7.25. The number of nitrogens with one attached hydrogen (secondary N) is 1. The van der Waals surface area contributed by atoms with Gasteiger partial charge in [-0.05, 0) is 30.2 Å². The lowest BCUT2D eigenvalue weighted by atomic mass is 10.2. The molecule has 126 valence electrons. The van der Waals surface area contributed by atoms with Crippen LogP contribution >= 0.6 is 11.6 Å². The first kappa shape index (κ1) is 17.6. The number of carbonyl (C=O) groups is 1. The number of benzene rings is 1. The number of amides is 1. The average molecular weight is 360 g/mol. The molecule has 23 heavy (non-hydrogen) atoms. The molecule has 1 N–H and O–H groups in total. The lowest BCUT2D eigenvalue weighted by molar-refractivity contribution is -0.114. The second kappa shape index (κ2) is 7.70. The van der Waals surface area contributed by atoms with E-state index in [9.17, 15) is 13.2 Å². The second-order valence-electron chi connectivity index (χ2n) is 5.00. The number of sulfonamides is 1. The van der Waals surface area contributed by atoms with Crippen molar-refractivity contribution in [2.75, 3.05) is 19.0 Å². The molecule has 1 amide bonds. The standard InChI is InChI=1S/C15H18ClNO5S/c1-2-3-8-23(19,20)17-14(18)5-4-11-9-12(16)15-13(10-11)21-6-7-22-15/h4-5,9-10H,2-3,6-8H2,1H3,(H,17,18). The van der Waals surface area contributed by atoms with Gasteiger partial charge in [0.15, 0.2) is 11.5 Å². The third kappa shape index (κ3) is 5.14. The lowest BCUT2D eigenvalue weighted by Crippen LogP contribution is -2.31. The van der Waals surface area contributed by atoms with E-state index in [1.807, 2.05) is 11.6 Å². The van der Waals surface area contributed by atoms with Gasteiger partial charge >= 0.3 is 0 Å². The summed E-state index contributed by atoms with van der Waals surface area (Å²) in [4.78, 5) is 11.7. The van der Waals surface area contributed by atoms with Gasteiger partial charge in [0.2, 0.25) is 10.0 Å².